The molecular weight excluding hydrogens is 614 g/mol. The zero-order valence-corrected chi connectivity index (χ0v) is 27.3. The van der Waals surface area contributed by atoms with Crippen molar-refractivity contribution in [2.24, 2.45) is 16.2 Å². The maximum absolute atomic E-state index is 13.5. The van der Waals surface area contributed by atoms with Crippen molar-refractivity contribution in [1.29, 1.82) is 0 Å². The van der Waals surface area contributed by atoms with Crippen molar-refractivity contribution in [3.05, 3.63) is 83.4 Å². The second-order valence-electron chi connectivity index (χ2n) is 12.3. The van der Waals surface area contributed by atoms with Gasteiger partial charge < -0.3 is 19.5 Å². The minimum absolute atomic E-state index is 0.0411. The summed E-state index contributed by atoms with van der Waals surface area (Å²) in [6.07, 6.45) is 7.87. The van der Waals surface area contributed by atoms with Crippen LogP contribution in [0.2, 0.25) is 5.02 Å². The fraction of sp³-hybridized carbons (Fsp3) is 0.471. The lowest BCUT2D eigenvalue weighted by Crippen LogP contribution is -2.49. The minimum Gasteiger partial charge on any atom is -0.490 e. The van der Waals surface area contributed by atoms with Gasteiger partial charge in [-0.05, 0) is 98.2 Å². The van der Waals surface area contributed by atoms with E-state index in [4.69, 9.17) is 21.1 Å². The van der Waals surface area contributed by atoms with E-state index in [0.717, 1.165) is 49.4 Å². The third-order valence-electron chi connectivity index (χ3n) is 9.45. The molecule has 2 aromatic carbocycles. The van der Waals surface area contributed by atoms with Gasteiger partial charge >= 0.3 is 6.09 Å². The number of aryl methyl sites for hydroxylation is 1. The number of hydrogen-bond donors (Lipinski definition) is 2. The standard InChI is InChI=1S/C34H42ClN3O6S/c1-4-6-7-17-45(42,37-33(40)41)36-32(39)24-11-15-31-29(19-24)38(20-25-10-13-27(25)30(5-2)43-3)21-34(22-44-31)16-8-9-23-18-26(35)12-14-28(23)34/h4-5,11-12,14-15,18-19,25,27,30H,1-2,6-10,13,16-17,20-22H2,3H3,(H,40,41)(H,36,37,39,42)/t25-,27+,30-,34-,45?/m0/s1. The smallest absolute Gasteiger partial charge is 0.417 e. The molecule has 11 heteroatoms. The Balaban J connectivity index is 1.53. The number of fused-ring (bicyclic) bond motifs is 3. The number of anilines is 1. The van der Waals surface area contributed by atoms with E-state index in [0.29, 0.717) is 43.6 Å². The number of nitrogens with zero attached hydrogens (tertiary/aromatic N) is 2. The second kappa shape index (κ2) is 14.0. The van der Waals surface area contributed by atoms with Gasteiger partial charge in [-0.3, -0.25) is 4.79 Å². The summed E-state index contributed by atoms with van der Waals surface area (Å²) in [5.41, 5.74) is 3.17. The molecule has 5 atom stereocenters. The summed E-state index contributed by atoms with van der Waals surface area (Å²) in [5.74, 6) is 0.477. The van der Waals surface area contributed by atoms with E-state index in [9.17, 15) is 18.9 Å². The van der Waals surface area contributed by atoms with E-state index in [2.05, 4.69) is 34.6 Å². The van der Waals surface area contributed by atoms with Crippen LogP contribution in [0.1, 0.15) is 60.0 Å². The predicted octanol–water partition coefficient (Wildman–Crippen LogP) is 6.80. The van der Waals surface area contributed by atoms with Crippen LogP contribution in [-0.2, 0) is 26.5 Å². The lowest BCUT2D eigenvalue weighted by Gasteiger charge is -2.46. The van der Waals surface area contributed by atoms with Crippen LogP contribution < -0.4 is 14.4 Å². The summed E-state index contributed by atoms with van der Waals surface area (Å²) in [5, 5.41) is 10.0. The number of benzene rings is 2. The number of carboxylic acid groups (broad SMARTS) is 1. The molecule has 2 N–H and O–H groups in total. The molecule has 0 bridgehead atoms. The Morgan fingerprint density at radius 2 is 2.11 bits per heavy atom. The highest BCUT2D eigenvalue weighted by atomic mass is 35.5. The van der Waals surface area contributed by atoms with E-state index in [-0.39, 0.29) is 22.8 Å². The van der Waals surface area contributed by atoms with Crippen molar-refractivity contribution in [3.63, 3.8) is 0 Å². The molecule has 45 heavy (non-hydrogen) atoms. The van der Waals surface area contributed by atoms with Gasteiger partial charge in [-0.1, -0.05) is 29.8 Å². The van der Waals surface area contributed by atoms with Crippen LogP contribution in [0.5, 0.6) is 5.75 Å². The van der Waals surface area contributed by atoms with Crippen LogP contribution in [0.3, 0.4) is 0 Å². The average molecular weight is 656 g/mol. The number of methoxy groups -OCH3 is 1. The van der Waals surface area contributed by atoms with Crippen LogP contribution in [0.4, 0.5) is 10.5 Å². The molecule has 2 amide bonds. The molecule has 2 aromatic rings. The molecule has 1 saturated carbocycles. The summed E-state index contributed by atoms with van der Waals surface area (Å²) >= 11 is 6.40. The van der Waals surface area contributed by atoms with Gasteiger partial charge in [0.15, 0.2) is 0 Å². The van der Waals surface area contributed by atoms with E-state index in [1.807, 2.05) is 16.9 Å². The summed E-state index contributed by atoms with van der Waals surface area (Å²) in [7, 11) is -1.83. The molecule has 1 heterocycles. The molecular formula is C34H42ClN3O6S. The topological polar surface area (TPSA) is 118 Å². The van der Waals surface area contributed by atoms with Gasteiger partial charge in [-0.15, -0.1) is 17.5 Å². The first-order valence-electron chi connectivity index (χ1n) is 15.5. The van der Waals surface area contributed by atoms with Crippen molar-refractivity contribution in [2.75, 3.05) is 37.5 Å². The van der Waals surface area contributed by atoms with Crippen molar-refractivity contribution >= 4 is 39.2 Å². The molecule has 0 saturated heterocycles. The fourth-order valence-electron chi connectivity index (χ4n) is 7.10. The van der Waals surface area contributed by atoms with Crippen molar-refractivity contribution < 1.29 is 28.4 Å². The molecule has 1 fully saturated rings. The lowest BCUT2D eigenvalue weighted by molar-refractivity contribution is 0.0135. The molecule has 0 radical (unpaired) electrons. The molecule has 5 rings (SSSR count). The Labute approximate surface area is 270 Å². The van der Waals surface area contributed by atoms with Crippen LogP contribution >= 0.6 is 11.6 Å². The molecule has 2 aliphatic carbocycles. The van der Waals surface area contributed by atoms with Crippen LogP contribution in [-0.4, -0.2) is 60.0 Å². The number of amides is 2. The van der Waals surface area contributed by atoms with E-state index in [1.165, 1.54) is 11.1 Å². The quantitative estimate of drug-likeness (QED) is 0.202. The van der Waals surface area contributed by atoms with Crippen molar-refractivity contribution in [3.8, 4) is 5.75 Å². The molecule has 1 spiro atoms. The predicted molar refractivity (Wildman–Crippen MR) is 178 cm³/mol. The largest absolute Gasteiger partial charge is 0.490 e. The molecule has 1 unspecified atom stereocenters. The van der Waals surface area contributed by atoms with Crippen LogP contribution in [0.25, 0.3) is 0 Å². The zero-order valence-electron chi connectivity index (χ0n) is 25.7. The van der Waals surface area contributed by atoms with Gasteiger partial charge in [-0.25, -0.2) is 13.7 Å². The summed E-state index contributed by atoms with van der Waals surface area (Å²) in [6, 6.07) is 11.2. The fourth-order valence-corrected chi connectivity index (χ4v) is 8.73. The van der Waals surface area contributed by atoms with Gasteiger partial charge in [-0.2, -0.15) is 0 Å². The first kappa shape index (κ1) is 33.0. The van der Waals surface area contributed by atoms with E-state index in [1.54, 1.807) is 31.4 Å². The van der Waals surface area contributed by atoms with Crippen LogP contribution in [0, 0.1) is 11.8 Å². The molecule has 9 nitrogen and oxygen atoms in total. The molecule has 3 aliphatic rings. The number of ether oxygens (including phenoxy) is 2. The Kier molecular flexibility index (Phi) is 10.3. The average Bonchev–Trinajstić information content (AvgIpc) is 3.14. The number of nitrogens with one attached hydrogen (secondary N) is 1. The van der Waals surface area contributed by atoms with E-state index >= 15 is 0 Å². The lowest BCUT2D eigenvalue weighted by atomic mass is 9.68. The highest BCUT2D eigenvalue weighted by Gasteiger charge is 2.44. The van der Waals surface area contributed by atoms with Gasteiger partial charge in [0.25, 0.3) is 5.91 Å². The van der Waals surface area contributed by atoms with Gasteiger partial charge in [0.2, 0.25) is 0 Å². The third-order valence-corrected chi connectivity index (χ3v) is 11.5. The van der Waals surface area contributed by atoms with Crippen molar-refractivity contribution in [1.82, 2.24) is 4.72 Å². The highest BCUT2D eigenvalue weighted by Crippen LogP contribution is 2.47. The maximum Gasteiger partial charge on any atom is 0.417 e. The number of hydrogen-bond acceptors (Lipinski definition) is 6. The minimum atomic E-state index is -3.55. The number of rotatable bonds is 11. The maximum atomic E-state index is 13.5. The SMILES string of the molecule is C=CCCCS(=O)(=NC(=O)c1ccc2c(c1)N(C[C@@H]1CC[C@H]1[C@H](C=C)OC)C[C@@]1(CCCc3cc(Cl)ccc31)CO2)NC(=O)O. The number of carbonyl (C=O) groups excluding carboxylic acids is 1. The van der Waals surface area contributed by atoms with Crippen molar-refractivity contribution in [2.45, 2.75) is 56.5 Å². The van der Waals surface area contributed by atoms with Crippen LogP contribution in [0.15, 0.2) is 66.1 Å². The Morgan fingerprint density at radius 1 is 1.29 bits per heavy atom. The number of allylic oxidation sites excluding steroid dienone is 1. The number of unbranched alkanes of at least 4 members (excludes halogenated alkanes) is 1. The number of halogens is 1. The second-order valence-corrected chi connectivity index (χ2v) is 14.8. The Bertz CT molecular complexity index is 1590. The highest BCUT2D eigenvalue weighted by molar-refractivity contribution is 7.92. The van der Waals surface area contributed by atoms with Gasteiger partial charge in [0.1, 0.15) is 15.7 Å². The number of carbonyl (C=O) groups is 2. The summed E-state index contributed by atoms with van der Waals surface area (Å²) in [4.78, 5) is 27.2. The molecule has 242 valence electrons. The summed E-state index contributed by atoms with van der Waals surface area (Å²) in [6.45, 7) is 9.51. The first-order chi connectivity index (χ1) is 21.6. The Hall–Kier alpha value is -3.34. The molecule has 0 aromatic heterocycles. The first-order valence-corrected chi connectivity index (χ1v) is 17.5. The normalized spacial score (nSPS) is 24.0. The monoisotopic (exact) mass is 655 g/mol. The Morgan fingerprint density at radius 3 is 2.80 bits per heavy atom. The van der Waals surface area contributed by atoms with Gasteiger partial charge in [0, 0.05) is 36.2 Å². The molecule has 1 aliphatic heterocycles. The third kappa shape index (κ3) is 7.23. The van der Waals surface area contributed by atoms with E-state index < -0.39 is 21.9 Å². The summed E-state index contributed by atoms with van der Waals surface area (Å²) < 4.78 is 31.6. The zero-order chi connectivity index (χ0) is 32.2. The van der Waals surface area contributed by atoms with Gasteiger partial charge in [0.05, 0.1) is 24.2 Å².